The van der Waals surface area contributed by atoms with Gasteiger partial charge in [0, 0.05) is 31.1 Å². The molecule has 0 atom stereocenters. The lowest BCUT2D eigenvalue weighted by Crippen LogP contribution is -1.81. The lowest BCUT2D eigenvalue weighted by molar-refractivity contribution is 1.27. The highest BCUT2D eigenvalue weighted by Crippen LogP contribution is 2.46. The quantitative estimate of drug-likeness (QED) is 0.303. The molecule has 0 fully saturated rings. The van der Waals surface area contributed by atoms with E-state index in [0.717, 1.165) is 6.42 Å². The van der Waals surface area contributed by atoms with E-state index in [1.54, 1.807) is 0 Å². The Kier molecular flexibility index (Phi) is 2.38. The molecule has 3 aromatic carbocycles. The van der Waals surface area contributed by atoms with Gasteiger partial charge in [-0.2, -0.15) is 0 Å². The summed E-state index contributed by atoms with van der Waals surface area (Å²) in [7, 11) is 0. The van der Waals surface area contributed by atoms with E-state index in [1.165, 1.54) is 46.9 Å². The summed E-state index contributed by atoms with van der Waals surface area (Å²) in [6.45, 7) is 0. The average Bonchev–Trinajstić information content (AvgIpc) is 3.06. The highest BCUT2D eigenvalue weighted by atomic mass is 79.9. The van der Waals surface area contributed by atoms with Crippen molar-refractivity contribution >= 4 is 47.4 Å². The number of benzene rings is 3. The summed E-state index contributed by atoms with van der Waals surface area (Å²) >= 11 is 5.64. The zero-order chi connectivity index (χ0) is 14.0. The SMILES string of the molecule is Brc1cccc2c1Cc1c-2ccc2c1sc1ccccc12. The second-order valence-electron chi connectivity index (χ2n) is 5.51. The van der Waals surface area contributed by atoms with Crippen molar-refractivity contribution in [3.05, 3.63) is 70.2 Å². The molecular weight excluding hydrogens is 340 g/mol. The number of hydrogen-bond acceptors (Lipinski definition) is 1. The van der Waals surface area contributed by atoms with Gasteiger partial charge in [0.2, 0.25) is 0 Å². The van der Waals surface area contributed by atoms with Crippen LogP contribution in [0.15, 0.2) is 59.1 Å². The molecule has 0 radical (unpaired) electrons. The molecule has 21 heavy (non-hydrogen) atoms. The average molecular weight is 351 g/mol. The summed E-state index contributed by atoms with van der Waals surface area (Å²) in [4.78, 5) is 0. The molecule has 5 rings (SSSR count). The van der Waals surface area contributed by atoms with Gasteiger partial charge in [-0.1, -0.05) is 58.4 Å². The van der Waals surface area contributed by atoms with Gasteiger partial charge < -0.3 is 0 Å². The summed E-state index contributed by atoms with van der Waals surface area (Å²) in [5, 5.41) is 2.79. The summed E-state index contributed by atoms with van der Waals surface area (Å²) in [5.74, 6) is 0. The van der Waals surface area contributed by atoms with Crippen molar-refractivity contribution < 1.29 is 0 Å². The van der Waals surface area contributed by atoms with Crippen LogP contribution in [0.5, 0.6) is 0 Å². The fraction of sp³-hybridized carbons (Fsp3) is 0.0526. The lowest BCUT2D eigenvalue weighted by atomic mass is 10.0. The van der Waals surface area contributed by atoms with E-state index >= 15 is 0 Å². The Morgan fingerprint density at radius 1 is 0.762 bits per heavy atom. The summed E-state index contributed by atoms with van der Waals surface area (Å²) in [6.07, 6.45) is 1.04. The molecular formula is C19H11BrS. The van der Waals surface area contributed by atoms with Crippen LogP contribution in [0.2, 0.25) is 0 Å². The Morgan fingerprint density at radius 2 is 1.62 bits per heavy atom. The molecule has 1 aliphatic carbocycles. The maximum Gasteiger partial charge on any atom is 0.0396 e. The number of halogens is 1. The lowest BCUT2D eigenvalue weighted by Gasteiger charge is -2.02. The molecule has 2 heteroatoms. The Bertz CT molecular complexity index is 1030. The van der Waals surface area contributed by atoms with Crippen LogP contribution in [0, 0.1) is 0 Å². The second-order valence-corrected chi connectivity index (χ2v) is 7.42. The van der Waals surface area contributed by atoms with Crippen molar-refractivity contribution in [3.8, 4) is 11.1 Å². The molecule has 0 spiro atoms. The molecule has 0 unspecified atom stereocenters. The summed E-state index contributed by atoms with van der Waals surface area (Å²) < 4.78 is 4.07. The third-order valence-corrected chi connectivity index (χ3v) is 6.40. The molecule has 1 aliphatic rings. The smallest absolute Gasteiger partial charge is 0.0396 e. The minimum atomic E-state index is 1.04. The molecule has 0 saturated carbocycles. The largest absolute Gasteiger partial charge is 0.135 e. The number of fused-ring (bicyclic) bond motifs is 7. The Balaban J connectivity index is 1.91. The molecule has 4 aromatic rings. The standard InChI is InChI=1S/C19H11BrS/c20-17-6-3-5-11-12-8-9-14-13-4-1-2-7-18(13)21-19(14)16(12)10-15(11)17/h1-9H,10H2. The molecule has 0 nitrogen and oxygen atoms in total. The van der Waals surface area contributed by atoms with Gasteiger partial charge in [0.05, 0.1) is 0 Å². The van der Waals surface area contributed by atoms with Crippen molar-refractivity contribution in [2.45, 2.75) is 6.42 Å². The number of hydrogen-bond donors (Lipinski definition) is 0. The monoisotopic (exact) mass is 350 g/mol. The van der Waals surface area contributed by atoms with Gasteiger partial charge in [-0.15, -0.1) is 11.3 Å². The van der Waals surface area contributed by atoms with Gasteiger partial charge in [-0.25, -0.2) is 0 Å². The molecule has 0 aliphatic heterocycles. The van der Waals surface area contributed by atoms with Crippen LogP contribution in [0.25, 0.3) is 31.3 Å². The maximum atomic E-state index is 3.71. The predicted molar refractivity (Wildman–Crippen MR) is 95.3 cm³/mol. The van der Waals surface area contributed by atoms with Crippen LogP contribution in [0.3, 0.4) is 0 Å². The minimum absolute atomic E-state index is 1.04. The molecule has 1 aromatic heterocycles. The van der Waals surface area contributed by atoms with Crippen LogP contribution in [0.1, 0.15) is 11.1 Å². The first-order valence-corrected chi connectivity index (χ1v) is 8.65. The summed E-state index contributed by atoms with van der Waals surface area (Å²) in [5.41, 5.74) is 5.72. The topological polar surface area (TPSA) is 0 Å². The van der Waals surface area contributed by atoms with Crippen molar-refractivity contribution in [1.82, 2.24) is 0 Å². The molecule has 100 valence electrons. The van der Waals surface area contributed by atoms with Crippen LogP contribution < -0.4 is 0 Å². The maximum absolute atomic E-state index is 3.71. The normalized spacial score (nSPS) is 12.8. The highest BCUT2D eigenvalue weighted by molar-refractivity contribution is 9.10. The molecule has 0 saturated heterocycles. The molecule has 0 N–H and O–H groups in total. The van der Waals surface area contributed by atoms with Gasteiger partial charge >= 0.3 is 0 Å². The predicted octanol–water partition coefficient (Wildman–Crippen LogP) is 6.39. The van der Waals surface area contributed by atoms with Gasteiger partial charge in [0.25, 0.3) is 0 Å². The van der Waals surface area contributed by atoms with Crippen molar-refractivity contribution in [2.75, 3.05) is 0 Å². The van der Waals surface area contributed by atoms with Crippen LogP contribution in [-0.2, 0) is 6.42 Å². The number of thiophene rings is 1. The van der Waals surface area contributed by atoms with Crippen molar-refractivity contribution in [1.29, 1.82) is 0 Å². The van der Waals surface area contributed by atoms with Gasteiger partial charge in [0.15, 0.2) is 0 Å². The van der Waals surface area contributed by atoms with Crippen molar-refractivity contribution in [2.24, 2.45) is 0 Å². The Labute approximate surface area is 135 Å². The van der Waals surface area contributed by atoms with Crippen LogP contribution >= 0.6 is 27.3 Å². The van der Waals surface area contributed by atoms with Crippen LogP contribution in [-0.4, -0.2) is 0 Å². The first-order valence-electron chi connectivity index (χ1n) is 7.04. The van der Waals surface area contributed by atoms with Gasteiger partial charge in [-0.3, -0.25) is 0 Å². The fourth-order valence-electron chi connectivity index (χ4n) is 3.44. The third-order valence-electron chi connectivity index (χ3n) is 4.41. The molecule has 0 bridgehead atoms. The van der Waals surface area contributed by atoms with Gasteiger partial charge in [0.1, 0.15) is 0 Å². The van der Waals surface area contributed by atoms with E-state index in [1.807, 2.05) is 11.3 Å². The third kappa shape index (κ3) is 1.55. The Morgan fingerprint density at radius 3 is 2.57 bits per heavy atom. The zero-order valence-electron chi connectivity index (χ0n) is 11.2. The van der Waals surface area contributed by atoms with E-state index in [-0.39, 0.29) is 0 Å². The fourth-order valence-corrected chi connectivity index (χ4v) is 5.19. The summed E-state index contributed by atoms with van der Waals surface area (Å²) in [6, 6.07) is 19.8. The number of rotatable bonds is 0. The first-order chi connectivity index (χ1) is 10.3. The van der Waals surface area contributed by atoms with E-state index in [4.69, 9.17) is 0 Å². The van der Waals surface area contributed by atoms with Crippen LogP contribution in [0.4, 0.5) is 0 Å². The van der Waals surface area contributed by atoms with E-state index < -0.39 is 0 Å². The van der Waals surface area contributed by atoms with Crippen molar-refractivity contribution in [3.63, 3.8) is 0 Å². The van der Waals surface area contributed by atoms with Gasteiger partial charge in [-0.05, 0) is 34.4 Å². The zero-order valence-corrected chi connectivity index (χ0v) is 13.6. The second kappa shape index (κ2) is 4.19. The highest BCUT2D eigenvalue weighted by Gasteiger charge is 2.23. The first kappa shape index (κ1) is 12.0. The molecule has 1 heterocycles. The Hall–Kier alpha value is -1.64. The molecule has 0 amide bonds. The van der Waals surface area contributed by atoms with E-state index in [2.05, 4.69) is 70.5 Å². The van der Waals surface area contributed by atoms with E-state index in [0.29, 0.717) is 0 Å². The minimum Gasteiger partial charge on any atom is -0.135 e. The van der Waals surface area contributed by atoms with E-state index in [9.17, 15) is 0 Å².